The fraction of sp³-hybridized carbons (Fsp3) is 0.250. The lowest BCUT2D eigenvalue weighted by Gasteiger charge is -2.23. The first-order valence-electron chi connectivity index (χ1n) is 11.9. The minimum Gasteiger partial charge on any atom is -0.494 e. The molecule has 0 atom stereocenters. The Morgan fingerprint density at radius 3 is 2.42 bits per heavy atom. The average Bonchev–Trinajstić information content (AvgIpc) is 2.91. The molecule has 5 rings (SSSR count). The number of rotatable bonds is 6. The molecule has 1 aromatic heterocycles. The van der Waals surface area contributed by atoms with E-state index in [-0.39, 0.29) is 11.3 Å². The van der Waals surface area contributed by atoms with Gasteiger partial charge >= 0.3 is 0 Å². The Morgan fingerprint density at radius 2 is 1.69 bits per heavy atom. The summed E-state index contributed by atoms with van der Waals surface area (Å²) in [7, 11) is 1.42. The first kappa shape index (κ1) is 23.6. The van der Waals surface area contributed by atoms with Crippen molar-refractivity contribution in [2.75, 3.05) is 32.1 Å². The molecule has 0 spiro atoms. The summed E-state index contributed by atoms with van der Waals surface area (Å²) < 4.78 is 33.9. The summed E-state index contributed by atoms with van der Waals surface area (Å²) in [5.41, 5.74) is 3.14. The Kier molecular flexibility index (Phi) is 6.74. The summed E-state index contributed by atoms with van der Waals surface area (Å²) in [6, 6.07) is 16.7. The van der Waals surface area contributed by atoms with Crippen LogP contribution in [-0.4, -0.2) is 36.7 Å². The third-order valence-corrected chi connectivity index (χ3v) is 6.55. The summed E-state index contributed by atoms with van der Waals surface area (Å²) in [6.07, 6.45) is 2.16. The van der Waals surface area contributed by atoms with Crippen molar-refractivity contribution in [1.29, 1.82) is 5.26 Å². The number of benzene rings is 3. The van der Waals surface area contributed by atoms with Crippen LogP contribution in [0.15, 0.2) is 54.6 Å². The summed E-state index contributed by atoms with van der Waals surface area (Å²) >= 11 is 0. The number of fused-ring (bicyclic) bond motifs is 1. The molecule has 1 aliphatic heterocycles. The molecule has 0 unspecified atom stereocenters. The molecular formula is C28H25F2N5O. The van der Waals surface area contributed by atoms with Gasteiger partial charge in [-0.1, -0.05) is 18.2 Å². The maximum absolute atomic E-state index is 14.5. The van der Waals surface area contributed by atoms with Gasteiger partial charge in [0.1, 0.15) is 11.9 Å². The number of halogens is 2. The topological polar surface area (TPSA) is 82.9 Å². The molecule has 0 aliphatic carbocycles. The number of nitriles is 1. The number of piperidine rings is 1. The van der Waals surface area contributed by atoms with Crippen LogP contribution in [0.3, 0.4) is 0 Å². The van der Waals surface area contributed by atoms with E-state index < -0.39 is 11.6 Å². The lowest BCUT2D eigenvalue weighted by atomic mass is 9.98. The Bertz CT molecular complexity index is 1460. The molecule has 0 amide bonds. The fourth-order valence-electron chi connectivity index (χ4n) is 4.53. The zero-order valence-electron chi connectivity index (χ0n) is 19.8. The molecule has 2 N–H and O–H groups in total. The lowest BCUT2D eigenvalue weighted by molar-refractivity contribution is 0.386. The Hall–Kier alpha value is -4.09. The second kappa shape index (κ2) is 10.3. The molecule has 1 fully saturated rings. The smallest absolute Gasteiger partial charge is 0.223 e. The van der Waals surface area contributed by atoms with Gasteiger partial charge in [-0.15, -0.1) is 0 Å². The van der Waals surface area contributed by atoms with E-state index in [1.807, 2.05) is 24.3 Å². The quantitative estimate of drug-likeness (QED) is 0.374. The van der Waals surface area contributed by atoms with Crippen molar-refractivity contribution in [2.24, 2.45) is 5.92 Å². The van der Waals surface area contributed by atoms with E-state index in [1.165, 1.54) is 25.3 Å². The highest BCUT2D eigenvalue weighted by atomic mass is 19.1. The molecule has 2 heterocycles. The molecule has 1 saturated heterocycles. The second-order valence-corrected chi connectivity index (χ2v) is 8.86. The first-order chi connectivity index (χ1) is 17.6. The van der Waals surface area contributed by atoms with E-state index in [2.05, 4.69) is 10.6 Å². The number of methoxy groups -OCH3 is 1. The highest BCUT2D eigenvalue weighted by Crippen LogP contribution is 2.33. The number of aromatic nitrogens is 2. The molecule has 8 heteroatoms. The van der Waals surface area contributed by atoms with Crippen molar-refractivity contribution in [3.05, 3.63) is 71.8 Å². The van der Waals surface area contributed by atoms with Gasteiger partial charge in [-0.3, -0.25) is 0 Å². The van der Waals surface area contributed by atoms with Gasteiger partial charge < -0.3 is 15.4 Å². The highest BCUT2D eigenvalue weighted by molar-refractivity contribution is 5.96. The largest absolute Gasteiger partial charge is 0.494 e. The van der Waals surface area contributed by atoms with Crippen LogP contribution in [0, 0.1) is 28.9 Å². The normalized spacial score (nSPS) is 13.9. The third-order valence-electron chi connectivity index (χ3n) is 6.55. The zero-order valence-corrected chi connectivity index (χ0v) is 19.8. The van der Waals surface area contributed by atoms with E-state index >= 15 is 0 Å². The summed E-state index contributed by atoms with van der Waals surface area (Å²) in [5, 5.41) is 16.6. The molecule has 0 bridgehead atoms. The molecule has 182 valence electrons. The Morgan fingerprint density at radius 1 is 0.972 bits per heavy atom. The van der Waals surface area contributed by atoms with Gasteiger partial charge in [0.25, 0.3) is 0 Å². The second-order valence-electron chi connectivity index (χ2n) is 8.86. The maximum Gasteiger partial charge on any atom is 0.223 e. The molecule has 1 aliphatic rings. The van der Waals surface area contributed by atoms with Crippen molar-refractivity contribution in [2.45, 2.75) is 12.8 Å². The van der Waals surface area contributed by atoms with Gasteiger partial charge in [0, 0.05) is 17.5 Å². The van der Waals surface area contributed by atoms with E-state index in [9.17, 15) is 8.78 Å². The van der Waals surface area contributed by atoms with E-state index in [0.29, 0.717) is 39.6 Å². The van der Waals surface area contributed by atoms with Crippen LogP contribution < -0.4 is 15.4 Å². The minimum atomic E-state index is -0.612. The van der Waals surface area contributed by atoms with E-state index in [0.717, 1.165) is 38.0 Å². The van der Waals surface area contributed by atoms with Crippen LogP contribution >= 0.6 is 0 Å². The number of ether oxygens (including phenoxy) is 1. The molecule has 4 aromatic rings. The van der Waals surface area contributed by atoms with Gasteiger partial charge in [-0.05, 0) is 79.4 Å². The Labute approximate surface area is 208 Å². The number of nitrogens with one attached hydrogen (secondary N) is 2. The fourth-order valence-corrected chi connectivity index (χ4v) is 4.53. The molecule has 36 heavy (non-hydrogen) atoms. The number of hydrogen-bond acceptors (Lipinski definition) is 6. The molecule has 6 nitrogen and oxygen atoms in total. The van der Waals surface area contributed by atoms with E-state index in [1.54, 1.807) is 18.2 Å². The first-order valence-corrected chi connectivity index (χ1v) is 11.9. The lowest BCUT2D eigenvalue weighted by Crippen LogP contribution is -2.31. The van der Waals surface area contributed by atoms with Gasteiger partial charge in [-0.25, -0.2) is 18.7 Å². The number of anilines is 1. The van der Waals surface area contributed by atoms with Crippen LogP contribution in [0.5, 0.6) is 5.75 Å². The summed E-state index contributed by atoms with van der Waals surface area (Å²) in [6.45, 7) is 2.74. The number of hydrogen-bond donors (Lipinski definition) is 2. The monoisotopic (exact) mass is 485 g/mol. The van der Waals surface area contributed by atoms with Gasteiger partial charge in [-0.2, -0.15) is 5.26 Å². The van der Waals surface area contributed by atoms with Crippen molar-refractivity contribution in [1.82, 2.24) is 15.3 Å². The maximum atomic E-state index is 14.5. The molecule has 3 aromatic carbocycles. The Balaban J connectivity index is 1.59. The summed E-state index contributed by atoms with van der Waals surface area (Å²) in [4.78, 5) is 9.45. The van der Waals surface area contributed by atoms with Crippen LogP contribution in [-0.2, 0) is 0 Å². The van der Waals surface area contributed by atoms with Crippen LogP contribution in [0.4, 0.5) is 14.7 Å². The third kappa shape index (κ3) is 4.83. The zero-order chi connectivity index (χ0) is 25.1. The molecule has 0 radical (unpaired) electrons. The summed E-state index contributed by atoms with van der Waals surface area (Å²) in [5.74, 6) is 0.0800. The van der Waals surface area contributed by atoms with Gasteiger partial charge in [0.2, 0.25) is 5.95 Å². The van der Waals surface area contributed by atoms with Gasteiger partial charge in [0.05, 0.1) is 23.9 Å². The number of nitrogens with zero attached hydrogens (tertiary/aromatic N) is 3. The molecular weight excluding hydrogens is 460 g/mol. The van der Waals surface area contributed by atoms with Crippen molar-refractivity contribution in [3.63, 3.8) is 0 Å². The van der Waals surface area contributed by atoms with E-state index in [4.69, 9.17) is 20.0 Å². The van der Waals surface area contributed by atoms with Crippen molar-refractivity contribution >= 4 is 16.9 Å². The average molecular weight is 486 g/mol. The van der Waals surface area contributed by atoms with Crippen molar-refractivity contribution in [3.8, 4) is 34.2 Å². The predicted molar refractivity (Wildman–Crippen MR) is 136 cm³/mol. The SMILES string of the molecule is COc1ccc(-c2ccc3nc(NCC4CCNCC4)nc(-c4ccc(C#N)c(F)c4)c3c2)cc1F. The standard InChI is InChI=1S/C28H25F2N5O/c1-36-26-7-5-19(13-24(26)30)18-4-6-25-22(12-18)27(20-2-3-21(15-31)23(29)14-20)35-28(34-25)33-16-17-8-10-32-11-9-17/h2-7,12-14,17,32H,8-11,16H2,1H3,(H,33,34,35). The van der Waals surface area contributed by atoms with Crippen LogP contribution in [0.25, 0.3) is 33.3 Å². The van der Waals surface area contributed by atoms with Crippen molar-refractivity contribution < 1.29 is 13.5 Å². The minimum absolute atomic E-state index is 0.0317. The van der Waals surface area contributed by atoms with Crippen LogP contribution in [0.2, 0.25) is 0 Å². The molecule has 0 saturated carbocycles. The van der Waals surface area contributed by atoms with Crippen LogP contribution in [0.1, 0.15) is 18.4 Å². The highest BCUT2D eigenvalue weighted by Gasteiger charge is 2.17. The predicted octanol–water partition coefficient (Wildman–Crippen LogP) is 5.53. The van der Waals surface area contributed by atoms with Gasteiger partial charge in [0.15, 0.2) is 11.6 Å².